The summed E-state index contributed by atoms with van der Waals surface area (Å²) < 4.78 is 6.37. The fourth-order valence-electron chi connectivity index (χ4n) is 1.63. The van der Waals surface area contributed by atoms with E-state index in [9.17, 15) is 14.9 Å². The average molecular weight is 336 g/mol. The number of hydrogen-bond donors (Lipinski definition) is 0. The molecule has 102 valence electrons. The predicted molar refractivity (Wildman–Crippen MR) is 77.3 cm³/mol. The summed E-state index contributed by atoms with van der Waals surface area (Å²) in [6, 6.07) is 10.8. The number of rotatable bonds is 4. The zero-order valence-electron chi connectivity index (χ0n) is 10.5. The van der Waals surface area contributed by atoms with Crippen molar-refractivity contribution in [2.45, 2.75) is 6.92 Å². The minimum absolute atomic E-state index is 0.0139. The highest BCUT2D eigenvalue weighted by molar-refractivity contribution is 9.10. The molecule has 0 fully saturated rings. The highest BCUT2D eigenvalue weighted by Crippen LogP contribution is 2.29. The standard InChI is InChI=1S/C14H10BrNO4/c1-9(17)13-8-10(15)2-7-14(13)20-12-5-3-11(4-6-12)16(18)19/h2-8H,1H3. The molecular weight excluding hydrogens is 326 g/mol. The first-order valence-corrected chi connectivity index (χ1v) is 6.49. The van der Waals surface area contributed by atoms with Crippen LogP contribution in [-0.4, -0.2) is 10.7 Å². The van der Waals surface area contributed by atoms with Gasteiger partial charge in [0.25, 0.3) is 5.69 Å². The lowest BCUT2D eigenvalue weighted by Crippen LogP contribution is -1.97. The smallest absolute Gasteiger partial charge is 0.269 e. The van der Waals surface area contributed by atoms with Crippen LogP contribution < -0.4 is 4.74 Å². The maximum atomic E-state index is 11.6. The fourth-order valence-corrected chi connectivity index (χ4v) is 1.99. The minimum Gasteiger partial charge on any atom is -0.457 e. The quantitative estimate of drug-likeness (QED) is 0.473. The number of nitro benzene ring substituents is 1. The van der Waals surface area contributed by atoms with Crippen LogP contribution in [0.3, 0.4) is 0 Å². The molecule has 0 unspecified atom stereocenters. The van der Waals surface area contributed by atoms with E-state index in [4.69, 9.17) is 4.74 Å². The molecule has 0 heterocycles. The van der Waals surface area contributed by atoms with Gasteiger partial charge in [0.2, 0.25) is 0 Å². The van der Waals surface area contributed by atoms with Gasteiger partial charge in [-0.2, -0.15) is 0 Å². The van der Waals surface area contributed by atoms with Gasteiger partial charge in [-0.05, 0) is 37.3 Å². The molecule has 2 aromatic carbocycles. The minimum atomic E-state index is -0.482. The van der Waals surface area contributed by atoms with Crippen LogP contribution in [0.1, 0.15) is 17.3 Å². The zero-order chi connectivity index (χ0) is 14.7. The van der Waals surface area contributed by atoms with Crippen LogP contribution in [0, 0.1) is 10.1 Å². The molecular formula is C14H10BrNO4. The van der Waals surface area contributed by atoms with Crippen molar-refractivity contribution in [3.05, 3.63) is 62.6 Å². The van der Waals surface area contributed by atoms with Crippen LogP contribution in [0.2, 0.25) is 0 Å². The summed E-state index contributed by atoms with van der Waals surface area (Å²) in [5.41, 5.74) is 0.428. The van der Waals surface area contributed by atoms with Crippen molar-refractivity contribution in [2.24, 2.45) is 0 Å². The number of benzene rings is 2. The number of nitrogens with zero attached hydrogens (tertiary/aromatic N) is 1. The Balaban J connectivity index is 2.30. The molecule has 0 N–H and O–H groups in total. The number of hydrogen-bond acceptors (Lipinski definition) is 4. The van der Waals surface area contributed by atoms with E-state index in [2.05, 4.69) is 15.9 Å². The maximum absolute atomic E-state index is 11.6. The van der Waals surface area contributed by atoms with Gasteiger partial charge in [-0.1, -0.05) is 15.9 Å². The summed E-state index contributed by atoms with van der Waals surface area (Å²) in [7, 11) is 0. The first kappa shape index (κ1) is 14.2. The average Bonchev–Trinajstić information content (AvgIpc) is 2.41. The second kappa shape index (κ2) is 5.83. The third-order valence-corrected chi connectivity index (χ3v) is 3.09. The molecule has 0 aliphatic rings. The normalized spacial score (nSPS) is 10.1. The lowest BCUT2D eigenvalue weighted by atomic mass is 10.1. The van der Waals surface area contributed by atoms with Gasteiger partial charge < -0.3 is 4.74 Å². The Labute approximate surface area is 123 Å². The molecule has 0 saturated carbocycles. The van der Waals surface area contributed by atoms with Crippen LogP contribution in [0.5, 0.6) is 11.5 Å². The molecule has 0 amide bonds. The Kier molecular flexibility index (Phi) is 4.14. The Morgan fingerprint density at radius 1 is 1.20 bits per heavy atom. The van der Waals surface area contributed by atoms with E-state index in [1.807, 2.05) is 0 Å². The van der Waals surface area contributed by atoms with Crippen molar-refractivity contribution in [2.75, 3.05) is 0 Å². The van der Waals surface area contributed by atoms with Gasteiger partial charge in [0.15, 0.2) is 5.78 Å². The predicted octanol–water partition coefficient (Wildman–Crippen LogP) is 4.35. The summed E-state index contributed by atoms with van der Waals surface area (Å²) in [6.07, 6.45) is 0. The maximum Gasteiger partial charge on any atom is 0.269 e. The van der Waals surface area contributed by atoms with Crippen molar-refractivity contribution in [3.63, 3.8) is 0 Å². The molecule has 0 bridgehead atoms. The van der Waals surface area contributed by atoms with Crippen LogP contribution in [0.15, 0.2) is 46.9 Å². The molecule has 0 aliphatic carbocycles. The topological polar surface area (TPSA) is 69.4 Å². The Morgan fingerprint density at radius 3 is 2.40 bits per heavy atom. The lowest BCUT2D eigenvalue weighted by Gasteiger charge is -2.09. The van der Waals surface area contributed by atoms with E-state index < -0.39 is 4.92 Å². The molecule has 20 heavy (non-hydrogen) atoms. The largest absolute Gasteiger partial charge is 0.457 e. The first-order chi connectivity index (χ1) is 9.47. The van der Waals surface area contributed by atoms with E-state index in [-0.39, 0.29) is 11.5 Å². The number of Topliss-reactive ketones (excluding diaryl/α,β-unsaturated/α-hetero) is 1. The summed E-state index contributed by atoms with van der Waals surface area (Å²) in [5, 5.41) is 10.6. The number of non-ortho nitro benzene ring substituents is 1. The second-order valence-electron chi connectivity index (χ2n) is 4.05. The Morgan fingerprint density at radius 2 is 1.85 bits per heavy atom. The number of ether oxygens (including phenoxy) is 1. The molecule has 5 nitrogen and oxygen atoms in total. The number of nitro groups is 1. The van der Waals surface area contributed by atoms with E-state index in [0.717, 1.165) is 4.47 Å². The van der Waals surface area contributed by atoms with E-state index in [1.165, 1.54) is 31.2 Å². The monoisotopic (exact) mass is 335 g/mol. The number of halogens is 1. The van der Waals surface area contributed by atoms with Crippen molar-refractivity contribution in [1.82, 2.24) is 0 Å². The zero-order valence-corrected chi connectivity index (χ0v) is 12.1. The Hall–Kier alpha value is -2.21. The third-order valence-electron chi connectivity index (χ3n) is 2.60. The molecule has 0 aliphatic heterocycles. The van der Waals surface area contributed by atoms with Gasteiger partial charge in [-0.25, -0.2) is 0 Å². The lowest BCUT2D eigenvalue weighted by molar-refractivity contribution is -0.384. The van der Waals surface area contributed by atoms with E-state index >= 15 is 0 Å². The molecule has 6 heteroatoms. The first-order valence-electron chi connectivity index (χ1n) is 5.70. The fraction of sp³-hybridized carbons (Fsp3) is 0.0714. The van der Waals surface area contributed by atoms with Crippen LogP contribution >= 0.6 is 15.9 Å². The van der Waals surface area contributed by atoms with Crippen molar-refractivity contribution in [1.29, 1.82) is 0 Å². The number of carbonyl (C=O) groups is 1. The van der Waals surface area contributed by atoms with Crippen molar-refractivity contribution >= 4 is 27.4 Å². The summed E-state index contributed by atoms with van der Waals surface area (Å²) in [4.78, 5) is 21.6. The van der Waals surface area contributed by atoms with Gasteiger partial charge in [-0.3, -0.25) is 14.9 Å². The van der Waals surface area contributed by atoms with Crippen LogP contribution in [0.25, 0.3) is 0 Å². The molecule has 2 rings (SSSR count). The van der Waals surface area contributed by atoms with E-state index in [1.54, 1.807) is 18.2 Å². The second-order valence-corrected chi connectivity index (χ2v) is 4.97. The van der Waals surface area contributed by atoms with Gasteiger partial charge in [-0.15, -0.1) is 0 Å². The Bertz CT molecular complexity index is 667. The number of carbonyl (C=O) groups excluding carboxylic acids is 1. The molecule has 0 aromatic heterocycles. The summed E-state index contributed by atoms with van der Waals surface area (Å²) >= 11 is 3.29. The van der Waals surface area contributed by atoms with Crippen LogP contribution in [0.4, 0.5) is 5.69 Å². The van der Waals surface area contributed by atoms with Gasteiger partial charge in [0.05, 0.1) is 10.5 Å². The molecule has 2 aromatic rings. The number of ketones is 1. The van der Waals surface area contributed by atoms with Gasteiger partial charge in [0, 0.05) is 16.6 Å². The van der Waals surface area contributed by atoms with E-state index in [0.29, 0.717) is 17.1 Å². The molecule has 0 saturated heterocycles. The van der Waals surface area contributed by atoms with Gasteiger partial charge >= 0.3 is 0 Å². The highest BCUT2D eigenvalue weighted by Gasteiger charge is 2.11. The molecule has 0 radical (unpaired) electrons. The molecule has 0 spiro atoms. The SMILES string of the molecule is CC(=O)c1cc(Br)ccc1Oc1ccc([N+](=O)[O-])cc1. The highest BCUT2D eigenvalue weighted by atomic mass is 79.9. The van der Waals surface area contributed by atoms with Crippen LogP contribution in [-0.2, 0) is 0 Å². The molecule has 0 atom stereocenters. The van der Waals surface area contributed by atoms with Crippen molar-refractivity contribution in [3.8, 4) is 11.5 Å². The third kappa shape index (κ3) is 3.21. The summed E-state index contributed by atoms with van der Waals surface area (Å²) in [6.45, 7) is 1.45. The van der Waals surface area contributed by atoms with Crippen molar-refractivity contribution < 1.29 is 14.5 Å². The summed E-state index contributed by atoms with van der Waals surface area (Å²) in [5.74, 6) is 0.721. The van der Waals surface area contributed by atoms with Gasteiger partial charge in [0.1, 0.15) is 11.5 Å².